The average Bonchev–Trinajstić information content (AvgIpc) is 2.01. The SMILES string of the molecule is C[C@@H]1CC(NCC[S@](C)=O)C[C@@H](C)C1. The summed E-state index contributed by atoms with van der Waals surface area (Å²) in [6.45, 7) is 5.58. The lowest BCUT2D eigenvalue weighted by Gasteiger charge is -2.32. The van der Waals surface area contributed by atoms with Crippen LogP contribution in [0.25, 0.3) is 0 Å². The molecule has 0 radical (unpaired) electrons. The van der Waals surface area contributed by atoms with Gasteiger partial charge in [0.15, 0.2) is 0 Å². The van der Waals surface area contributed by atoms with Crippen LogP contribution in [0.1, 0.15) is 33.1 Å². The topological polar surface area (TPSA) is 29.1 Å². The van der Waals surface area contributed by atoms with Crippen LogP contribution in [0, 0.1) is 11.8 Å². The minimum Gasteiger partial charge on any atom is -0.313 e. The molecule has 1 aliphatic rings. The highest BCUT2D eigenvalue weighted by molar-refractivity contribution is 7.84. The molecule has 0 unspecified atom stereocenters. The van der Waals surface area contributed by atoms with E-state index in [0.717, 1.165) is 24.1 Å². The fourth-order valence-corrected chi connectivity index (χ4v) is 2.93. The van der Waals surface area contributed by atoms with Crippen LogP contribution in [0.2, 0.25) is 0 Å². The molecule has 0 spiro atoms. The molecule has 0 bridgehead atoms. The van der Waals surface area contributed by atoms with E-state index in [1.807, 2.05) is 0 Å². The van der Waals surface area contributed by atoms with Crippen molar-refractivity contribution in [3.8, 4) is 0 Å². The smallest absolute Gasteiger partial charge is 0.0357 e. The molecule has 0 aromatic rings. The Hall–Kier alpha value is 0.110. The first-order valence-corrected chi connectivity index (χ1v) is 7.34. The molecule has 84 valence electrons. The van der Waals surface area contributed by atoms with Crippen molar-refractivity contribution in [1.82, 2.24) is 5.32 Å². The number of rotatable bonds is 4. The Balaban J connectivity index is 2.20. The summed E-state index contributed by atoms with van der Waals surface area (Å²) in [6.07, 6.45) is 5.73. The summed E-state index contributed by atoms with van der Waals surface area (Å²) in [5.41, 5.74) is 0. The van der Waals surface area contributed by atoms with E-state index in [-0.39, 0.29) is 0 Å². The Morgan fingerprint density at radius 3 is 2.29 bits per heavy atom. The van der Waals surface area contributed by atoms with Crippen LogP contribution in [0.15, 0.2) is 0 Å². The van der Waals surface area contributed by atoms with Gasteiger partial charge in [0.05, 0.1) is 0 Å². The van der Waals surface area contributed by atoms with Crippen LogP contribution in [0.3, 0.4) is 0 Å². The van der Waals surface area contributed by atoms with Crippen molar-refractivity contribution in [2.75, 3.05) is 18.6 Å². The minimum atomic E-state index is -0.650. The van der Waals surface area contributed by atoms with Crippen molar-refractivity contribution in [3.63, 3.8) is 0 Å². The van der Waals surface area contributed by atoms with E-state index in [4.69, 9.17) is 0 Å². The first kappa shape index (κ1) is 12.2. The van der Waals surface area contributed by atoms with E-state index in [9.17, 15) is 4.21 Å². The minimum absolute atomic E-state index is 0.650. The van der Waals surface area contributed by atoms with Crippen LogP contribution < -0.4 is 5.32 Å². The molecule has 3 heteroatoms. The fourth-order valence-electron chi connectivity index (χ4n) is 2.52. The van der Waals surface area contributed by atoms with Crippen LogP contribution in [0.5, 0.6) is 0 Å². The zero-order valence-corrected chi connectivity index (χ0v) is 10.4. The van der Waals surface area contributed by atoms with Gasteiger partial charge in [0.25, 0.3) is 0 Å². The zero-order chi connectivity index (χ0) is 10.6. The third-order valence-corrected chi connectivity index (χ3v) is 3.78. The van der Waals surface area contributed by atoms with Gasteiger partial charge in [-0.25, -0.2) is 0 Å². The van der Waals surface area contributed by atoms with E-state index in [2.05, 4.69) is 19.2 Å². The molecule has 1 aliphatic carbocycles. The van der Waals surface area contributed by atoms with Crippen LogP contribution in [0.4, 0.5) is 0 Å². The van der Waals surface area contributed by atoms with E-state index in [1.165, 1.54) is 19.3 Å². The zero-order valence-electron chi connectivity index (χ0n) is 9.58. The normalized spacial score (nSPS) is 35.5. The highest BCUT2D eigenvalue weighted by Crippen LogP contribution is 2.28. The molecule has 2 nitrogen and oxygen atoms in total. The van der Waals surface area contributed by atoms with Crippen LogP contribution in [-0.2, 0) is 10.8 Å². The van der Waals surface area contributed by atoms with E-state index in [1.54, 1.807) is 6.26 Å². The maximum atomic E-state index is 10.9. The summed E-state index contributed by atoms with van der Waals surface area (Å²) in [7, 11) is -0.650. The number of hydrogen-bond acceptors (Lipinski definition) is 2. The van der Waals surface area contributed by atoms with Gasteiger partial charge in [0, 0.05) is 35.4 Å². The summed E-state index contributed by atoms with van der Waals surface area (Å²) >= 11 is 0. The van der Waals surface area contributed by atoms with Gasteiger partial charge < -0.3 is 5.32 Å². The summed E-state index contributed by atoms with van der Waals surface area (Å²) in [4.78, 5) is 0. The Morgan fingerprint density at radius 1 is 1.21 bits per heavy atom. The fraction of sp³-hybridized carbons (Fsp3) is 1.00. The highest BCUT2D eigenvalue weighted by atomic mass is 32.2. The first-order valence-electron chi connectivity index (χ1n) is 5.61. The lowest BCUT2D eigenvalue weighted by Crippen LogP contribution is -2.38. The van der Waals surface area contributed by atoms with Crippen molar-refractivity contribution in [2.45, 2.75) is 39.2 Å². The van der Waals surface area contributed by atoms with Gasteiger partial charge in [-0.1, -0.05) is 13.8 Å². The molecular weight excluding hydrogens is 194 g/mol. The second-order valence-corrected chi connectivity index (χ2v) is 6.40. The molecule has 3 atom stereocenters. The second kappa shape index (κ2) is 5.86. The van der Waals surface area contributed by atoms with Gasteiger partial charge in [0.1, 0.15) is 0 Å². The van der Waals surface area contributed by atoms with E-state index in [0.29, 0.717) is 6.04 Å². The number of hydrogen-bond donors (Lipinski definition) is 1. The quantitative estimate of drug-likeness (QED) is 0.778. The summed E-state index contributed by atoms with van der Waals surface area (Å²) in [6, 6.07) is 0.664. The third-order valence-electron chi connectivity index (χ3n) is 3.00. The summed E-state index contributed by atoms with van der Waals surface area (Å²) < 4.78 is 10.9. The van der Waals surface area contributed by atoms with Gasteiger partial charge in [-0.3, -0.25) is 4.21 Å². The molecule has 0 heterocycles. The van der Waals surface area contributed by atoms with Crippen molar-refractivity contribution < 1.29 is 4.21 Å². The van der Waals surface area contributed by atoms with Gasteiger partial charge in [-0.2, -0.15) is 0 Å². The summed E-state index contributed by atoms with van der Waals surface area (Å²) in [5.74, 6) is 2.49. The second-order valence-electron chi connectivity index (χ2n) is 4.85. The Kier molecular flexibility index (Phi) is 5.10. The molecule has 0 saturated heterocycles. The van der Waals surface area contributed by atoms with Gasteiger partial charge >= 0.3 is 0 Å². The lowest BCUT2D eigenvalue weighted by atomic mass is 9.80. The monoisotopic (exact) mass is 217 g/mol. The predicted molar refractivity (Wildman–Crippen MR) is 62.9 cm³/mol. The molecule has 1 fully saturated rings. The third kappa shape index (κ3) is 4.56. The predicted octanol–water partition coefficient (Wildman–Crippen LogP) is 1.78. The van der Waals surface area contributed by atoms with E-state index >= 15 is 0 Å². The molecule has 1 rings (SSSR count). The molecular formula is C11H23NOS. The van der Waals surface area contributed by atoms with Crippen molar-refractivity contribution in [3.05, 3.63) is 0 Å². The van der Waals surface area contributed by atoms with Crippen LogP contribution >= 0.6 is 0 Å². The molecule has 0 aromatic carbocycles. The maximum Gasteiger partial charge on any atom is 0.0357 e. The first-order chi connectivity index (χ1) is 6.58. The molecule has 0 amide bonds. The summed E-state index contributed by atoms with van der Waals surface area (Å²) in [5, 5.41) is 3.52. The number of nitrogens with one attached hydrogen (secondary N) is 1. The Bertz CT molecular complexity index is 186. The molecule has 14 heavy (non-hydrogen) atoms. The van der Waals surface area contributed by atoms with Crippen LogP contribution in [-0.4, -0.2) is 28.8 Å². The van der Waals surface area contributed by atoms with Crippen molar-refractivity contribution >= 4 is 10.8 Å². The average molecular weight is 217 g/mol. The lowest BCUT2D eigenvalue weighted by molar-refractivity contribution is 0.242. The molecule has 0 aliphatic heterocycles. The largest absolute Gasteiger partial charge is 0.313 e. The molecule has 1 N–H and O–H groups in total. The van der Waals surface area contributed by atoms with Gasteiger partial charge in [0.2, 0.25) is 0 Å². The van der Waals surface area contributed by atoms with Gasteiger partial charge in [-0.15, -0.1) is 0 Å². The van der Waals surface area contributed by atoms with E-state index < -0.39 is 10.8 Å². The highest BCUT2D eigenvalue weighted by Gasteiger charge is 2.23. The Morgan fingerprint density at radius 2 is 1.79 bits per heavy atom. The van der Waals surface area contributed by atoms with Gasteiger partial charge in [-0.05, 0) is 31.1 Å². The van der Waals surface area contributed by atoms with Crippen molar-refractivity contribution in [1.29, 1.82) is 0 Å². The standard InChI is InChI=1S/C11H23NOS/c1-9-6-10(2)8-11(7-9)12-4-5-14(3)13/h9-12H,4-8H2,1-3H3/t9-,10-,14-/m0/s1. The molecule has 1 saturated carbocycles. The van der Waals surface area contributed by atoms with Crippen molar-refractivity contribution in [2.24, 2.45) is 11.8 Å². The molecule has 0 aromatic heterocycles. The maximum absolute atomic E-state index is 10.9. The Labute approximate surface area is 90.3 Å².